The van der Waals surface area contributed by atoms with Gasteiger partial charge in [0.15, 0.2) is 12.4 Å². The van der Waals surface area contributed by atoms with Crippen LogP contribution < -0.4 is 0 Å². The van der Waals surface area contributed by atoms with Crippen LogP contribution in [0.1, 0.15) is 18.8 Å². The quantitative estimate of drug-likeness (QED) is 0.788. The summed E-state index contributed by atoms with van der Waals surface area (Å²) in [6.07, 6.45) is -3.59. The first kappa shape index (κ1) is 19.4. The third-order valence-electron chi connectivity index (χ3n) is 4.68. The zero-order valence-electron chi connectivity index (χ0n) is 15.3. The van der Waals surface area contributed by atoms with Gasteiger partial charge in [0.1, 0.15) is 23.7 Å². The molecule has 1 unspecified atom stereocenters. The van der Waals surface area contributed by atoms with Gasteiger partial charge in [-0.05, 0) is 12.1 Å². The Hall–Kier alpha value is -1.90. The van der Waals surface area contributed by atoms with Crippen molar-refractivity contribution in [2.75, 3.05) is 6.61 Å². The molecule has 0 aromatic heterocycles. The highest BCUT2D eigenvalue weighted by Crippen LogP contribution is 2.39. The number of carbonyl (C=O) groups is 1. The van der Waals surface area contributed by atoms with Crippen molar-refractivity contribution in [3.8, 4) is 0 Å². The summed E-state index contributed by atoms with van der Waals surface area (Å²) >= 11 is 1.40. The summed E-state index contributed by atoms with van der Waals surface area (Å²) in [4.78, 5) is 12.6. The fraction of sp³-hybridized carbons (Fsp3) is 0.381. The van der Waals surface area contributed by atoms with Gasteiger partial charge in [-0.2, -0.15) is 0 Å². The van der Waals surface area contributed by atoms with Gasteiger partial charge in [0, 0.05) is 17.4 Å². The topological polar surface area (TPSA) is 74.2 Å². The predicted molar refractivity (Wildman–Crippen MR) is 103 cm³/mol. The van der Waals surface area contributed by atoms with Crippen LogP contribution in [-0.4, -0.2) is 47.5 Å². The van der Waals surface area contributed by atoms with Crippen LogP contribution in [-0.2, 0) is 23.7 Å². The summed E-state index contributed by atoms with van der Waals surface area (Å²) in [6, 6.07) is 19.2. The molecule has 1 N–H and O–H groups in total. The highest BCUT2D eigenvalue weighted by atomic mass is 32.2. The highest BCUT2D eigenvalue weighted by molar-refractivity contribution is 7.99. The molecule has 7 heteroatoms. The summed E-state index contributed by atoms with van der Waals surface area (Å²) in [5.41, 5.74) is 0.293. The molecule has 2 aromatic rings. The van der Waals surface area contributed by atoms with Gasteiger partial charge in [0.2, 0.25) is 0 Å². The minimum atomic E-state index is -1.03. The van der Waals surface area contributed by atoms with Crippen molar-refractivity contribution in [1.82, 2.24) is 0 Å². The van der Waals surface area contributed by atoms with E-state index in [1.807, 2.05) is 60.7 Å². The summed E-state index contributed by atoms with van der Waals surface area (Å²) in [5.74, 6) is -0.476. The Morgan fingerprint density at radius 1 is 1.07 bits per heavy atom. The van der Waals surface area contributed by atoms with Crippen molar-refractivity contribution in [3.63, 3.8) is 0 Å². The lowest BCUT2D eigenvalue weighted by Crippen LogP contribution is -2.61. The predicted octanol–water partition coefficient (Wildman–Crippen LogP) is 2.91. The molecule has 28 heavy (non-hydrogen) atoms. The number of aliphatic hydroxyl groups is 1. The Bertz CT molecular complexity index is 786. The third-order valence-corrected chi connectivity index (χ3v) is 5.83. The number of hydrogen-bond donors (Lipinski definition) is 1. The number of esters is 1. The number of benzene rings is 2. The number of rotatable bonds is 4. The minimum absolute atomic E-state index is 0.278. The second kappa shape index (κ2) is 8.63. The molecule has 0 amide bonds. The van der Waals surface area contributed by atoms with Gasteiger partial charge in [-0.3, -0.25) is 4.79 Å². The monoisotopic (exact) mass is 402 g/mol. The average molecular weight is 402 g/mol. The van der Waals surface area contributed by atoms with E-state index in [1.165, 1.54) is 18.7 Å². The lowest BCUT2D eigenvalue weighted by molar-refractivity contribution is -0.319. The molecule has 2 aliphatic heterocycles. The lowest BCUT2D eigenvalue weighted by atomic mass is 9.98. The molecule has 2 saturated heterocycles. The maximum absolute atomic E-state index is 11.6. The summed E-state index contributed by atoms with van der Waals surface area (Å²) in [5, 5.41) is 11.0. The Morgan fingerprint density at radius 2 is 1.75 bits per heavy atom. The minimum Gasteiger partial charge on any atom is -0.456 e. The van der Waals surface area contributed by atoms with Crippen LogP contribution in [0, 0.1) is 0 Å². The first-order valence-corrected chi connectivity index (χ1v) is 10.0. The fourth-order valence-electron chi connectivity index (χ4n) is 3.39. The maximum Gasteiger partial charge on any atom is 0.303 e. The molecular formula is C21H22O6S. The van der Waals surface area contributed by atoms with E-state index in [1.54, 1.807) is 0 Å². The van der Waals surface area contributed by atoms with Crippen molar-refractivity contribution in [3.05, 3.63) is 66.2 Å². The fourth-order valence-corrected chi connectivity index (χ4v) is 4.52. The molecule has 0 saturated carbocycles. The maximum atomic E-state index is 11.6. The van der Waals surface area contributed by atoms with Crippen LogP contribution in [0.15, 0.2) is 65.6 Å². The second-order valence-electron chi connectivity index (χ2n) is 6.72. The number of fused-ring (bicyclic) bond motifs is 1. The van der Waals surface area contributed by atoms with E-state index < -0.39 is 42.1 Å². The van der Waals surface area contributed by atoms with Crippen molar-refractivity contribution < 1.29 is 28.8 Å². The lowest BCUT2D eigenvalue weighted by Gasteiger charge is -2.47. The van der Waals surface area contributed by atoms with Crippen LogP contribution in [0.2, 0.25) is 0 Å². The second-order valence-corrected chi connectivity index (χ2v) is 7.89. The number of ether oxygens (including phenoxy) is 4. The van der Waals surface area contributed by atoms with Gasteiger partial charge in [-0.25, -0.2) is 0 Å². The van der Waals surface area contributed by atoms with E-state index in [0.29, 0.717) is 0 Å². The molecule has 0 aliphatic carbocycles. The smallest absolute Gasteiger partial charge is 0.303 e. The van der Waals surface area contributed by atoms with Crippen molar-refractivity contribution >= 4 is 17.7 Å². The van der Waals surface area contributed by atoms with Gasteiger partial charge in [-0.1, -0.05) is 60.3 Å². The van der Waals surface area contributed by atoms with E-state index in [4.69, 9.17) is 18.9 Å². The molecule has 4 rings (SSSR count). The number of aliphatic hydroxyl groups excluding tert-OH is 1. The molecule has 2 aromatic carbocycles. The third kappa shape index (κ3) is 4.24. The van der Waals surface area contributed by atoms with E-state index >= 15 is 0 Å². The van der Waals surface area contributed by atoms with Crippen LogP contribution in [0.25, 0.3) is 0 Å². The molecule has 6 atom stereocenters. The van der Waals surface area contributed by atoms with Crippen LogP contribution in [0.4, 0.5) is 0 Å². The Labute approximate surface area is 167 Å². The molecule has 148 valence electrons. The van der Waals surface area contributed by atoms with E-state index in [0.717, 1.165) is 10.5 Å². The molecular weight excluding hydrogens is 380 g/mol. The van der Waals surface area contributed by atoms with Crippen molar-refractivity contribution in [1.29, 1.82) is 0 Å². The highest BCUT2D eigenvalue weighted by Gasteiger charge is 2.51. The Kier molecular flexibility index (Phi) is 5.99. The summed E-state index contributed by atoms with van der Waals surface area (Å²) in [6.45, 7) is 1.60. The number of thioether (sulfide) groups is 1. The van der Waals surface area contributed by atoms with Crippen LogP contribution >= 0.6 is 11.8 Å². The molecule has 2 aliphatic rings. The summed E-state index contributed by atoms with van der Waals surface area (Å²) < 4.78 is 23.4. The zero-order chi connectivity index (χ0) is 19.5. The van der Waals surface area contributed by atoms with Crippen molar-refractivity contribution in [2.45, 2.75) is 48.0 Å². The average Bonchev–Trinajstić information content (AvgIpc) is 2.72. The van der Waals surface area contributed by atoms with E-state index in [2.05, 4.69) is 0 Å². The van der Waals surface area contributed by atoms with Gasteiger partial charge in [0.25, 0.3) is 0 Å². The standard InChI is InChI=1S/C21H22O6S/c1-13(22)25-19-17(23)18-16(26-21(19)28-15-10-6-3-7-11-15)12-24-20(27-18)14-8-4-2-5-9-14/h2-11,16-21,23H,12H2,1H3/t16-,17+,18-,19-,20?,21+/m1/s1. The molecule has 0 bridgehead atoms. The normalized spacial score (nSPS) is 32.4. The van der Waals surface area contributed by atoms with Crippen LogP contribution in [0.3, 0.4) is 0 Å². The van der Waals surface area contributed by atoms with Crippen molar-refractivity contribution in [2.24, 2.45) is 0 Å². The molecule has 6 nitrogen and oxygen atoms in total. The Morgan fingerprint density at radius 3 is 2.43 bits per heavy atom. The molecule has 2 fully saturated rings. The van der Waals surface area contributed by atoms with E-state index in [9.17, 15) is 9.90 Å². The zero-order valence-corrected chi connectivity index (χ0v) is 16.2. The molecule has 0 spiro atoms. The molecule has 2 heterocycles. The van der Waals surface area contributed by atoms with E-state index in [-0.39, 0.29) is 6.61 Å². The van der Waals surface area contributed by atoms with Gasteiger partial charge in [-0.15, -0.1) is 0 Å². The number of carbonyl (C=O) groups excluding carboxylic acids is 1. The first-order chi connectivity index (χ1) is 13.6. The van der Waals surface area contributed by atoms with Gasteiger partial charge in [0.05, 0.1) is 6.61 Å². The van der Waals surface area contributed by atoms with Gasteiger partial charge >= 0.3 is 5.97 Å². The molecule has 0 radical (unpaired) electrons. The van der Waals surface area contributed by atoms with Gasteiger partial charge < -0.3 is 24.1 Å². The first-order valence-electron chi connectivity index (χ1n) is 9.16. The largest absolute Gasteiger partial charge is 0.456 e. The summed E-state index contributed by atoms with van der Waals surface area (Å²) in [7, 11) is 0. The SMILES string of the molecule is CC(=O)O[C@@H]1[C@@H](O)[C@@H]2OC(c3ccccc3)OC[C@H]2O[C@H]1Sc1ccccc1. The van der Waals surface area contributed by atoms with Crippen LogP contribution in [0.5, 0.6) is 0 Å². The Balaban J connectivity index is 1.53. The number of hydrogen-bond acceptors (Lipinski definition) is 7.